The van der Waals surface area contributed by atoms with Crippen molar-refractivity contribution in [2.24, 2.45) is 11.8 Å². The maximum absolute atomic E-state index is 12.1. The highest BCUT2D eigenvalue weighted by Gasteiger charge is 2.38. The molecule has 1 aliphatic carbocycles. The summed E-state index contributed by atoms with van der Waals surface area (Å²) in [5, 5.41) is 5.15. The molecule has 1 saturated carbocycles. The summed E-state index contributed by atoms with van der Waals surface area (Å²) >= 11 is 0. The van der Waals surface area contributed by atoms with Gasteiger partial charge in [0.1, 0.15) is 5.75 Å². The van der Waals surface area contributed by atoms with Gasteiger partial charge in [0.2, 0.25) is 11.8 Å². The van der Waals surface area contributed by atoms with E-state index in [-0.39, 0.29) is 36.6 Å². The van der Waals surface area contributed by atoms with Crippen LogP contribution in [0.15, 0.2) is 24.3 Å². The third kappa shape index (κ3) is 6.10. The number of amides is 2. The Bertz CT molecular complexity index is 604. The molecule has 0 bridgehead atoms. The van der Waals surface area contributed by atoms with E-state index in [1.807, 2.05) is 6.92 Å². The van der Waals surface area contributed by atoms with Gasteiger partial charge in [-0.05, 0) is 30.0 Å². The van der Waals surface area contributed by atoms with Crippen LogP contribution in [0.3, 0.4) is 0 Å². The lowest BCUT2D eigenvalue weighted by atomic mass is 10.2. The number of halogens is 3. The molecule has 0 unspecified atom stereocenters. The molecule has 5 nitrogen and oxygen atoms in total. The van der Waals surface area contributed by atoms with Gasteiger partial charge in [-0.25, -0.2) is 0 Å². The molecule has 2 rings (SSSR count). The quantitative estimate of drug-likeness (QED) is 0.795. The van der Waals surface area contributed by atoms with E-state index in [4.69, 9.17) is 0 Å². The van der Waals surface area contributed by atoms with E-state index in [0.29, 0.717) is 11.5 Å². The molecule has 0 aliphatic heterocycles. The van der Waals surface area contributed by atoms with Gasteiger partial charge < -0.3 is 15.4 Å². The van der Waals surface area contributed by atoms with Crippen molar-refractivity contribution in [1.82, 2.24) is 10.6 Å². The molecule has 132 valence electrons. The molecular weight excluding hydrogens is 325 g/mol. The Balaban J connectivity index is 1.73. The monoisotopic (exact) mass is 344 g/mol. The van der Waals surface area contributed by atoms with Crippen molar-refractivity contribution < 1.29 is 27.5 Å². The Morgan fingerprint density at radius 1 is 1.29 bits per heavy atom. The molecule has 0 saturated heterocycles. The van der Waals surface area contributed by atoms with E-state index >= 15 is 0 Å². The van der Waals surface area contributed by atoms with Crippen molar-refractivity contribution in [2.45, 2.75) is 26.1 Å². The van der Waals surface area contributed by atoms with Crippen LogP contribution in [0.1, 0.15) is 18.9 Å². The van der Waals surface area contributed by atoms with Gasteiger partial charge in [-0.2, -0.15) is 13.2 Å². The number of ether oxygens (including phenoxy) is 1. The van der Waals surface area contributed by atoms with E-state index in [1.165, 1.54) is 12.1 Å². The summed E-state index contributed by atoms with van der Waals surface area (Å²) in [7, 11) is 0. The number of carbonyl (C=O) groups excluding carboxylic acids is 2. The Labute approximate surface area is 137 Å². The van der Waals surface area contributed by atoms with Crippen LogP contribution in [0, 0.1) is 11.8 Å². The van der Waals surface area contributed by atoms with Gasteiger partial charge in [0.05, 0.1) is 6.54 Å². The molecular formula is C16H19F3N2O3. The molecule has 1 aromatic rings. The number of carbonyl (C=O) groups is 2. The van der Waals surface area contributed by atoms with Gasteiger partial charge in [-0.15, -0.1) is 0 Å². The summed E-state index contributed by atoms with van der Waals surface area (Å²) in [6, 6.07) is 6.04. The third-order valence-electron chi connectivity index (χ3n) is 3.66. The minimum Gasteiger partial charge on any atom is -0.484 e. The normalized spacial score (nSPS) is 19.5. The largest absolute Gasteiger partial charge is 0.484 e. The van der Waals surface area contributed by atoms with Crippen molar-refractivity contribution in [2.75, 3.05) is 13.2 Å². The van der Waals surface area contributed by atoms with Crippen LogP contribution in [-0.4, -0.2) is 31.1 Å². The van der Waals surface area contributed by atoms with Crippen LogP contribution in [0.25, 0.3) is 0 Å². The lowest BCUT2D eigenvalue weighted by Gasteiger charge is -2.11. The summed E-state index contributed by atoms with van der Waals surface area (Å²) in [5.74, 6) is -0.0404. The van der Waals surface area contributed by atoms with Crippen LogP contribution < -0.4 is 15.4 Å². The van der Waals surface area contributed by atoms with Gasteiger partial charge in [0.25, 0.3) is 0 Å². The maximum Gasteiger partial charge on any atom is 0.422 e. The highest BCUT2D eigenvalue weighted by atomic mass is 19.4. The second-order valence-electron chi connectivity index (χ2n) is 5.87. The Morgan fingerprint density at radius 2 is 2.00 bits per heavy atom. The lowest BCUT2D eigenvalue weighted by Crippen LogP contribution is -2.37. The molecule has 24 heavy (non-hydrogen) atoms. The van der Waals surface area contributed by atoms with Crippen LogP contribution in [0.5, 0.6) is 5.75 Å². The molecule has 2 atom stereocenters. The van der Waals surface area contributed by atoms with E-state index in [0.717, 1.165) is 6.42 Å². The van der Waals surface area contributed by atoms with E-state index in [9.17, 15) is 22.8 Å². The summed E-state index contributed by atoms with van der Waals surface area (Å²) in [6.45, 7) is 0.622. The van der Waals surface area contributed by atoms with Crippen molar-refractivity contribution in [3.05, 3.63) is 29.8 Å². The van der Waals surface area contributed by atoms with Gasteiger partial charge in [0, 0.05) is 12.5 Å². The molecule has 0 spiro atoms. The van der Waals surface area contributed by atoms with Gasteiger partial charge in [-0.3, -0.25) is 9.59 Å². The minimum atomic E-state index is -4.40. The molecule has 1 fully saturated rings. The highest BCUT2D eigenvalue weighted by molar-refractivity contribution is 5.87. The average Bonchev–Trinajstić information content (AvgIpc) is 3.25. The van der Waals surface area contributed by atoms with Gasteiger partial charge >= 0.3 is 6.18 Å². The van der Waals surface area contributed by atoms with Crippen LogP contribution in [-0.2, 0) is 16.1 Å². The average molecular weight is 344 g/mol. The lowest BCUT2D eigenvalue weighted by molar-refractivity contribution is -0.153. The number of hydrogen-bond donors (Lipinski definition) is 2. The summed E-state index contributed by atoms with van der Waals surface area (Å²) in [5.41, 5.74) is 0.602. The predicted octanol–water partition coefficient (Wildman–Crippen LogP) is 2.02. The molecule has 2 N–H and O–H groups in total. The fourth-order valence-electron chi connectivity index (χ4n) is 2.16. The van der Waals surface area contributed by atoms with Crippen molar-refractivity contribution in [1.29, 1.82) is 0 Å². The predicted molar refractivity (Wildman–Crippen MR) is 80.1 cm³/mol. The Kier molecular flexibility index (Phi) is 5.69. The first-order chi connectivity index (χ1) is 11.2. The molecule has 0 aromatic heterocycles. The Morgan fingerprint density at radius 3 is 2.62 bits per heavy atom. The van der Waals surface area contributed by atoms with Crippen molar-refractivity contribution in [3.63, 3.8) is 0 Å². The molecule has 0 heterocycles. The number of benzene rings is 1. The summed E-state index contributed by atoms with van der Waals surface area (Å²) in [4.78, 5) is 23.3. The number of rotatable bonds is 7. The zero-order valence-electron chi connectivity index (χ0n) is 13.2. The van der Waals surface area contributed by atoms with Crippen LogP contribution in [0.2, 0.25) is 0 Å². The topological polar surface area (TPSA) is 67.4 Å². The highest BCUT2D eigenvalue weighted by Crippen LogP contribution is 2.37. The summed E-state index contributed by atoms with van der Waals surface area (Å²) in [6.07, 6.45) is -3.56. The van der Waals surface area contributed by atoms with E-state index in [2.05, 4.69) is 15.4 Å². The van der Waals surface area contributed by atoms with E-state index < -0.39 is 12.8 Å². The SMILES string of the molecule is C[C@@H]1C[C@H]1C(=O)NCC(=O)NCc1cccc(OCC(F)(F)F)c1. The molecule has 2 amide bonds. The van der Waals surface area contributed by atoms with Gasteiger partial charge in [0.15, 0.2) is 6.61 Å². The van der Waals surface area contributed by atoms with Crippen LogP contribution in [0.4, 0.5) is 13.2 Å². The third-order valence-corrected chi connectivity index (χ3v) is 3.66. The van der Waals surface area contributed by atoms with Crippen LogP contribution >= 0.6 is 0 Å². The smallest absolute Gasteiger partial charge is 0.422 e. The zero-order chi connectivity index (χ0) is 17.7. The van der Waals surface area contributed by atoms with Crippen molar-refractivity contribution in [3.8, 4) is 5.75 Å². The van der Waals surface area contributed by atoms with Gasteiger partial charge in [-0.1, -0.05) is 19.1 Å². The number of alkyl halides is 3. The molecule has 0 radical (unpaired) electrons. The first-order valence-electron chi connectivity index (χ1n) is 7.57. The minimum absolute atomic E-state index is 0.000243. The Hall–Kier alpha value is -2.25. The number of nitrogens with one attached hydrogen (secondary N) is 2. The molecule has 1 aromatic carbocycles. The molecule has 8 heteroatoms. The molecule has 1 aliphatic rings. The first kappa shape index (κ1) is 18.1. The zero-order valence-corrected chi connectivity index (χ0v) is 13.2. The second kappa shape index (κ2) is 7.55. The van der Waals surface area contributed by atoms with E-state index in [1.54, 1.807) is 12.1 Å². The standard InChI is InChI=1S/C16H19F3N2O3/c1-10-5-13(10)15(23)21-8-14(22)20-7-11-3-2-4-12(6-11)24-9-16(17,18)19/h2-4,6,10,13H,5,7-9H2,1H3,(H,20,22)(H,21,23)/t10-,13-/m1/s1. The number of hydrogen-bond acceptors (Lipinski definition) is 3. The first-order valence-corrected chi connectivity index (χ1v) is 7.57. The van der Waals surface area contributed by atoms with Crippen molar-refractivity contribution >= 4 is 11.8 Å². The fraction of sp³-hybridized carbons (Fsp3) is 0.500. The second-order valence-corrected chi connectivity index (χ2v) is 5.87. The summed E-state index contributed by atoms with van der Waals surface area (Å²) < 4.78 is 41.0. The maximum atomic E-state index is 12.1. The fourth-order valence-corrected chi connectivity index (χ4v) is 2.16.